The SMILES string of the molecule is CCn1cnc2cc(NC(=O)C3CN(C(=O)CCCc4nc5ccccc5n4C)CCO3)ccc21. The van der Waals surface area contributed by atoms with Gasteiger partial charge in [0.25, 0.3) is 5.91 Å². The van der Waals surface area contributed by atoms with Gasteiger partial charge in [0.15, 0.2) is 6.10 Å². The summed E-state index contributed by atoms with van der Waals surface area (Å²) in [5.41, 5.74) is 4.57. The van der Waals surface area contributed by atoms with E-state index in [4.69, 9.17) is 4.74 Å². The van der Waals surface area contributed by atoms with Crippen LogP contribution in [0.15, 0.2) is 48.8 Å². The Morgan fingerprint density at radius 2 is 2.00 bits per heavy atom. The van der Waals surface area contributed by atoms with E-state index >= 15 is 0 Å². The highest BCUT2D eigenvalue weighted by molar-refractivity contribution is 5.96. The van der Waals surface area contributed by atoms with E-state index in [0.29, 0.717) is 31.7 Å². The lowest BCUT2D eigenvalue weighted by Gasteiger charge is -2.32. The van der Waals surface area contributed by atoms with Crippen molar-refractivity contribution in [2.75, 3.05) is 25.0 Å². The molecule has 1 fully saturated rings. The van der Waals surface area contributed by atoms with Gasteiger partial charge in [-0.1, -0.05) is 12.1 Å². The van der Waals surface area contributed by atoms with Crippen LogP contribution in [-0.4, -0.2) is 61.6 Å². The van der Waals surface area contributed by atoms with Gasteiger partial charge in [-0.25, -0.2) is 9.97 Å². The largest absolute Gasteiger partial charge is 0.365 e. The molecule has 0 saturated carbocycles. The van der Waals surface area contributed by atoms with Crippen LogP contribution in [0.1, 0.15) is 25.6 Å². The Bertz CT molecular complexity index is 1370. The van der Waals surface area contributed by atoms with Gasteiger partial charge in [0, 0.05) is 38.7 Å². The summed E-state index contributed by atoms with van der Waals surface area (Å²) in [6.45, 7) is 3.98. The number of rotatable bonds is 7. The highest BCUT2D eigenvalue weighted by Gasteiger charge is 2.29. The van der Waals surface area contributed by atoms with Crippen LogP contribution >= 0.6 is 0 Å². The van der Waals surface area contributed by atoms with Crippen LogP contribution in [0.25, 0.3) is 22.1 Å². The molecule has 0 bridgehead atoms. The summed E-state index contributed by atoms with van der Waals surface area (Å²) < 4.78 is 9.81. The van der Waals surface area contributed by atoms with Gasteiger partial charge in [-0.05, 0) is 43.7 Å². The number of amides is 2. The average molecular weight is 475 g/mol. The first-order valence-electron chi connectivity index (χ1n) is 12.1. The van der Waals surface area contributed by atoms with Crippen molar-refractivity contribution in [1.82, 2.24) is 24.0 Å². The number of carbonyl (C=O) groups excluding carboxylic acids is 2. The third kappa shape index (κ3) is 4.77. The van der Waals surface area contributed by atoms with Crippen molar-refractivity contribution in [1.29, 1.82) is 0 Å². The molecule has 3 heterocycles. The number of ether oxygens (including phenoxy) is 1. The monoisotopic (exact) mass is 474 g/mol. The zero-order valence-corrected chi connectivity index (χ0v) is 20.1. The number of morpholine rings is 1. The van der Waals surface area contributed by atoms with Crippen molar-refractivity contribution in [3.63, 3.8) is 0 Å². The molecule has 1 aliphatic rings. The maximum Gasteiger partial charge on any atom is 0.255 e. The van der Waals surface area contributed by atoms with Crippen LogP contribution in [0.5, 0.6) is 0 Å². The van der Waals surface area contributed by atoms with Crippen LogP contribution in [0.4, 0.5) is 5.69 Å². The minimum Gasteiger partial charge on any atom is -0.365 e. The van der Waals surface area contributed by atoms with E-state index in [0.717, 1.165) is 40.9 Å². The fraction of sp³-hybridized carbons (Fsp3) is 0.385. The first kappa shape index (κ1) is 23.0. The quantitative estimate of drug-likeness (QED) is 0.444. The summed E-state index contributed by atoms with van der Waals surface area (Å²) in [5.74, 6) is 0.756. The zero-order valence-electron chi connectivity index (χ0n) is 20.1. The van der Waals surface area contributed by atoms with E-state index in [2.05, 4.69) is 26.8 Å². The van der Waals surface area contributed by atoms with Gasteiger partial charge in [0.05, 0.1) is 41.5 Å². The molecule has 35 heavy (non-hydrogen) atoms. The van der Waals surface area contributed by atoms with E-state index in [1.54, 1.807) is 11.2 Å². The molecule has 1 N–H and O–H groups in total. The molecule has 9 nitrogen and oxygen atoms in total. The lowest BCUT2D eigenvalue weighted by Crippen LogP contribution is -2.50. The molecule has 1 aliphatic heterocycles. The Morgan fingerprint density at radius 1 is 1.14 bits per heavy atom. The molecule has 0 radical (unpaired) electrons. The van der Waals surface area contributed by atoms with E-state index in [-0.39, 0.29) is 18.4 Å². The summed E-state index contributed by atoms with van der Waals surface area (Å²) in [6.07, 6.45) is 2.93. The molecule has 2 aromatic carbocycles. The highest BCUT2D eigenvalue weighted by atomic mass is 16.5. The molecular weight excluding hydrogens is 444 g/mol. The number of hydrogen-bond acceptors (Lipinski definition) is 5. The standard InChI is InChI=1S/C26H30N6O3/c1-3-31-17-27-20-15-18(11-12-22(20)31)28-26(34)23-16-32(13-14-35-23)25(33)10-6-9-24-29-19-7-4-5-8-21(19)30(24)2/h4-5,7-8,11-12,15,17,23H,3,6,9-10,13-14,16H2,1-2H3,(H,28,34). The van der Waals surface area contributed by atoms with Gasteiger partial charge in [-0.2, -0.15) is 0 Å². The number of anilines is 1. The molecular formula is C26H30N6O3. The first-order valence-corrected chi connectivity index (χ1v) is 12.1. The summed E-state index contributed by atoms with van der Waals surface area (Å²) in [4.78, 5) is 36.5. The minimum atomic E-state index is -0.698. The van der Waals surface area contributed by atoms with E-state index < -0.39 is 6.10 Å². The second-order valence-electron chi connectivity index (χ2n) is 8.85. The molecule has 182 valence electrons. The van der Waals surface area contributed by atoms with Gasteiger partial charge in [-0.15, -0.1) is 0 Å². The molecule has 2 amide bonds. The van der Waals surface area contributed by atoms with E-state index in [1.807, 2.05) is 54.1 Å². The Morgan fingerprint density at radius 3 is 2.83 bits per heavy atom. The van der Waals surface area contributed by atoms with Gasteiger partial charge in [0.2, 0.25) is 5.91 Å². The van der Waals surface area contributed by atoms with Crippen molar-refractivity contribution in [2.24, 2.45) is 7.05 Å². The molecule has 1 saturated heterocycles. The molecule has 5 rings (SSSR count). The Kier molecular flexibility index (Phi) is 6.50. The summed E-state index contributed by atoms with van der Waals surface area (Å²) >= 11 is 0. The highest BCUT2D eigenvalue weighted by Crippen LogP contribution is 2.20. The van der Waals surface area contributed by atoms with Gasteiger partial charge in [0.1, 0.15) is 5.82 Å². The number of aromatic nitrogens is 4. The summed E-state index contributed by atoms with van der Waals surface area (Å²) in [7, 11) is 2.00. The van der Waals surface area contributed by atoms with Crippen LogP contribution in [0.3, 0.4) is 0 Å². The molecule has 1 atom stereocenters. The van der Waals surface area contributed by atoms with Crippen molar-refractivity contribution in [3.8, 4) is 0 Å². The molecule has 9 heteroatoms. The number of fused-ring (bicyclic) bond motifs is 2. The lowest BCUT2D eigenvalue weighted by molar-refractivity contribution is -0.144. The Labute approximate surface area is 203 Å². The lowest BCUT2D eigenvalue weighted by atomic mass is 10.1. The van der Waals surface area contributed by atoms with Crippen molar-refractivity contribution < 1.29 is 14.3 Å². The smallest absolute Gasteiger partial charge is 0.255 e. The predicted molar refractivity (Wildman–Crippen MR) is 134 cm³/mol. The molecule has 2 aromatic heterocycles. The average Bonchev–Trinajstić information content (AvgIpc) is 3.44. The summed E-state index contributed by atoms with van der Waals surface area (Å²) in [5, 5.41) is 2.91. The van der Waals surface area contributed by atoms with Crippen LogP contribution in [0.2, 0.25) is 0 Å². The number of hydrogen-bond donors (Lipinski definition) is 1. The van der Waals surface area contributed by atoms with Crippen LogP contribution < -0.4 is 5.32 Å². The Balaban J connectivity index is 1.15. The number of nitrogens with zero attached hydrogens (tertiary/aromatic N) is 5. The molecule has 0 aliphatic carbocycles. The zero-order chi connectivity index (χ0) is 24.4. The Hall–Kier alpha value is -3.72. The van der Waals surface area contributed by atoms with Gasteiger partial charge in [-0.3, -0.25) is 9.59 Å². The maximum absolute atomic E-state index is 12.8. The van der Waals surface area contributed by atoms with Crippen molar-refractivity contribution in [2.45, 2.75) is 38.8 Å². The van der Waals surface area contributed by atoms with Crippen LogP contribution in [-0.2, 0) is 34.3 Å². The van der Waals surface area contributed by atoms with E-state index in [9.17, 15) is 9.59 Å². The second kappa shape index (κ2) is 9.87. The predicted octanol–water partition coefficient (Wildman–Crippen LogP) is 3.13. The molecule has 0 spiro atoms. The van der Waals surface area contributed by atoms with E-state index in [1.165, 1.54) is 0 Å². The number of imidazole rings is 2. The van der Waals surface area contributed by atoms with Gasteiger partial charge >= 0.3 is 0 Å². The van der Waals surface area contributed by atoms with Crippen molar-refractivity contribution in [3.05, 3.63) is 54.6 Å². The fourth-order valence-electron chi connectivity index (χ4n) is 4.63. The number of carbonyl (C=O) groups is 2. The van der Waals surface area contributed by atoms with Crippen LogP contribution in [0, 0.1) is 0 Å². The normalized spacial score (nSPS) is 16.2. The van der Waals surface area contributed by atoms with Crippen molar-refractivity contribution >= 4 is 39.6 Å². The third-order valence-electron chi connectivity index (χ3n) is 6.61. The second-order valence-corrected chi connectivity index (χ2v) is 8.85. The number of aryl methyl sites for hydroxylation is 3. The number of benzene rings is 2. The molecule has 4 aromatic rings. The molecule has 1 unspecified atom stereocenters. The maximum atomic E-state index is 12.8. The fourth-order valence-corrected chi connectivity index (χ4v) is 4.63. The third-order valence-corrected chi connectivity index (χ3v) is 6.61. The number of nitrogens with one attached hydrogen (secondary N) is 1. The summed E-state index contributed by atoms with van der Waals surface area (Å²) in [6, 6.07) is 13.7. The number of para-hydroxylation sites is 2. The van der Waals surface area contributed by atoms with Gasteiger partial charge < -0.3 is 24.1 Å². The first-order chi connectivity index (χ1) is 17.0. The topological polar surface area (TPSA) is 94.3 Å². The minimum absolute atomic E-state index is 0.0383.